The number of thiocarbonyl (C=S) groups is 1. The van der Waals surface area contributed by atoms with Crippen LogP contribution in [0.5, 0.6) is 0 Å². The van der Waals surface area contributed by atoms with Crippen molar-refractivity contribution in [3.8, 4) is 11.8 Å². The maximum absolute atomic E-state index is 12.0. The normalized spacial score (nSPS) is 9.40. The van der Waals surface area contributed by atoms with Gasteiger partial charge in [0.1, 0.15) is 6.07 Å². The van der Waals surface area contributed by atoms with Gasteiger partial charge in [-0.2, -0.15) is 5.26 Å². The molecule has 0 bridgehead atoms. The van der Waals surface area contributed by atoms with Crippen LogP contribution in [0.25, 0.3) is 5.69 Å². The van der Waals surface area contributed by atoms with Gasteiger partial charge in [-0.1, -0.05) is 29.9 Å². The number of benzene rings is 1. The molecule has 0 saturated carbocycles. The van der Waals surface area contributed by atoms with E-state index in [0.717, 1.165) is 5.56 Å². The SMILES string of the molecule is Cc1ccc(-n2c(C([O-])=S)c(C#N)ccc2=O)cc1.[Na+]. The van der Waals surface area contributed by atoms with Crippen LogP contribution in [-0.2, 0) is 0 Å². The summed E-state index contributed by atoms with van der Waals surface area (Å²) in [6.07, 6.45) is 0. The maximum atomic E-state index is 12.0. The molecule has 0 unspecified atom stereocenters. The molecule has 0 spiro atoms. The van der Waals surface area contributed by atoms with E-state index in [-0.39, 0.29) is 40.8 Å². The number of aromatic nitrogens is 1. The standard InChI is InChI=1S/C14H10N2O2S.Na/c1-9-2-5-11(6-3-9)16-12(17)7-4-10(8-15)13(16)14(18)19;/h2-7H,1H3,(H,18,19);/q;+1/p-1. The van der Waals surface area contributed by atoms with E-state index < -0.39 is 10.6 Å². The molecule has 0 radical (unpaired) electrons. The molecule has 0 N–H and O–H groups in total. The van der Waals surface area contributed by atoms with Gasteiger partial charge in [0.25, 0.3) is 5.56 Å². The van der Waals surface area contributed by atoms with Gasteiger partial charge >= 0.3 is 29.6 Å². The second kappa shape index (κ2) is 6.82. The third-order valence-corrected chi connectivity index (χ3v) is 2.89. The first kappa shape index (κ1) is 16.6. The van der Waals surface area contributed by atoms with Crippen LogP contribution in [0.3, 0.4) is 0 Å². The van der Waals surface area contributed by atoms with Crippen LogP contribution in [0.4, 0.5) is 0 Å². The summed E-state index contributed by atoms with van der Waals surface area (Å²) < 4.78 is 1.17. The molecule has 2 aromatic rings. The summed E-state index contributed by atoms with van der Waals surface area (Å²) in [5, 5.41) is 19.8. The molecule has 4 nitrogen and oxygen atoms in total. The summed E-state index contributed by atoms with van der Waals surface area (Å²) in [5.74, 6) is 0. The third-order valence-electron chi connectivity index (χ3n) is 2.70. The summed E-state index contributed by atoms with van der Waals surface area (Å²) >= 11 is 4.62. The predicted octanol–water partition coefficient (Wildman–Crippen LogP) is -1.94. The summed E-state index contributed by atoms with van der Waals surface area (Å²) in [5.41, 5.74) is 1.19. The van der Waals surface area contributed by atoms with Crippen LogP contribution >= 0.6 is 12.2 Å². The van der Waals surface area contributed by atoms with Gasteiger partial charge in [-0.05, 0) is 30.2 Å². The minimum absolute atomic E-state index is 0. The molecule has 0 atom stereocenters. The minimum Gasteiger partial charge on any atom is -0.863 e. The van der Waals surface area contributed by atoms with Crippen LogP contribution in [0.2, 0.25) is 0 Å². The van der Waals surface area contributed by atoms with Crippen LogP contribution in [0, 0.1) is 18.3 Å². The zero-order valence-electron chi connectivity index (χ0n) is 11.1. The number of hydrogen-bond acceptors (Lipinski definition) is 4. The van der Waals surface area contributed by atoms with Crippen molar-refractivity contribution in [1.29, 1.82) is 5.26 Å². The van der Waals surface area contributed by atoms with E-state index in [1.165, 1.54) is 16.7 Å². The fourth-order valence-corrected chi connectivity index (χ4v) is 1.98. The fraction of sp³-hybridized carbons (Fsp3) is 0.0714. The summed E-state index contributed by atoms with van der Waals surface area (Å²) in [4.78, 5) is 12.0. The molecule has 1 aromatic carbocycles. The number of pyridine rings is 1. The van der Waals surface area contributed by atoms with Crippen molar-refractivity contribution in [2.75, 3.05) is 0 Å². The van der Waals surface area contributed by atoms with Gasteiger partial charge in [0.2, 0.25) is 0 Å². The number of hydrogen-bond donors (Lipinski definition) is 0. The van der Waals surface area contributed by atoms with Crippen LogP contribution < -0.4 is 40.2 Å². The molecule has 0 saturated heterocycles. The Hall–Kier alpha value is -1.45. The quantitative estimate of drug-likeness (QED) is 0.477. The molecular weight excluding hydrogens is 283 g/mol. The first-order valence-corrected chi connectivity index (χ1v) is 5.90. The zero-order chi connectivity index (χ0) is 14.0. The Labute approximate surface area is 143 Å². The van der Waals surface area contributed by atoms with E-state index in [0.29, 0.717) is 5.69 Å². The molecular formula is C14H9N2NaO2S. The average Bonchev–Trinajstić information content (AvgIpc) is 2.39. The summed E-state index contributed by atoms with van der Waals surface area (Å²) in [6.45, 7) is 1.91. The Bertz CT molecular complexity index is 745. The van der Waals surface area contributed by atoms with Crippen molar-refractivity contribution >= 4 is 17.3 Å². The van der Waals surface area contributed by atoms with Crippen molar-refractivity contribution < 1.29 is 34.7 Å². The monoisotopic (exact) mass is 292 g/mol. The topological polar surface area (TPSA) is 68.8 Å². The Kier molecular flexibility index (Phi) is 5.66. The molecule has 94 valence electrons. The maximum Gasteiger partial charge on any atom is 1.00 e. The summed E-state index contributed by atoms with van der Waals surface area (Å²) in [7, 11) is 0. The van der Waals surface area contributed by atoms with E-state index in [1.54, 1.807) is 12.1 Å². The van der Waals surface area contributed by atoms with Gasteiger partial charge < -0.3 is 5.11 Å². The number of nitriles is 1. The molecule has 0 amide bonds. The Balaban J connectivity index is 0.00000200. The minimum atomic E-state index is -0.727. The van der Waals surface area contributed by atoms with Crippen molar-refractivity contribution in [2.24, 2.45) is 0 Å². The van der Waals surface area contributed by atoms with E-state index >= 15 is 0 Å². The molecule has 0 aliphatic heterocycles. The molecule has 0 fully saturated rings. The van der Waals surface area contributed by atoms with Crippen molar-refractivity contribution in [1.82, 2.24) is 4.57 Å². The predicted molar refractivity (Wildman–Crippen MR) is 73.2 cm³/mol. The molecule has 0 aliphatic rings. The number of aryl methyl sites for hydroxylation is 1. The van der Waals surface area contributed by atoms with E-state index in [4.69, 9.17) is 5.26 Å². The van der Waals surface area contributed by atoms with Crippen molar-refractivity contribution in [3.63, 3.8) is 0 Å². The van der Waals surface area contributed by atoms with Gasteiger partial charge in [0.05, 0.1) is 11.3 Å². The fourth-order valence-electron chi connectivity index (χ4n) is 1.78. The molecule has 0 aliphatic carbocycles. The third kappa shape index (κ3) is 3.17. The Morgan fingerprint density at radius 3 is 2.35 bits per heavy atom. The van der Waals surface area contributed by atoms with E-state index in [2.05, 4.69) is 12.2 Å². The first-order valence-electron chi connectivity index (χ1n) is 5.49. The number of nitrogens with zero attached hydrogens (tertiary/aromatic N) is 2. The van der Waals surface area contributed by atoms with E-state index in [9.17, 15) is 9.90 Å². The van der Waals surface area contributed by atoms with Gasteiger partial charge in [0, 0.05) is 11.8 Å². The molecule has 20 heavy (non-hydrogen) atoms. The van der Waals surface area contributed by atoms with Gasteiger partial charge in [-0.3, -0.25) is 9.36 Å². The summed E-state index contributed by atoms with van der Waals surface area (Å²) in [6, 6.07) is 11.5. The first-order chi connectivity index (χ1) is 9.04. The second-order valence-electron chi connectivity index (χ2n) is 4.00. The van der Waals surface area contributed by atoms with Crippen molar-refractivity contribution in [3.05, 3.63) is 63.6 Å². The van der Waals surface area contributed by atoms with Crippen LogP contribution in [0.15, 0.2) is 41.2 Å². The average molecular weight is 292 g/mol. The van der Waals surface area contributed by atoms with Crippen molar-refractivity contribution in [2.45, 2.75) is 6.92 Å². The van der Waals surface area contributed by atoms with Crippen LogP contribution in [-0.4, -0.2) is 9.62 Å². The zero-order valence-corrected chi connectivity index (χ0v) is 13.9. The smallest absolute Gasteiger partial charge is 0.863 e. The second-order valence-corrected chi connectivity index (χ2v) is 4.37. The molecule has 2 rings (SSSR count). The molecule has 6 heteroatoms. The Morgan fingerprint density at radius 1 is 1.25 bits per heavy atom. The van der Waals surface area contributed by atoms with Gasteiger partial charge in [-0.25, -0.2) is 0 Å². The number of rotatable bonds is 2. The largest absolute Gasteiger partial charge is 1.00 e. The van der Waals surface area contributed by atoms with Gasteiger partial charge in [0.15, 0.2) is 0 Å². The van der Waals surface area contributed by atoms with E-state index in [1.807, 2.05) is 25.1 Å². The van der Waals surface area contributed by atoms with Gasteiger partial charge in [-0.15, -0.1) is 0 Å². The van der Waals surface area contributed by atoms with Crippen LogP contribution in [0.1, 0.15) is 16.8 Å². The molecule has 1 aromatic heterocycles. The molecule has 1 heterocycles. The Morgan fingerprint density at radius 2 is 1.85 bits per heavy atom.